The van der Waals surface area contributed by atoms with Crippen molar-refractivity contribution in [3.63, 3.8) is 0 Å². The van der Waals surface area contributed by atoms with Gasteiger partial charge in [0.15, 0.2) is 0 Å². The maximum atomic E-state index is 13.8. The molecule has 1 aromatic carbocycles. The molecule has 20 heavy (non-hydrogen) atoms. The van der Waals surface area contributed by atoms with E-state index in [0.717, 1.165) is 35.4 Å². The molecule has 0 amide bonds. The van der Waals surface area contributed by atoms with Gasteiger partial charge in [-0.3, -0.25) is 0 Å². The fraction of sp³-hybridized carbons (Fsp3) is 0.647. The van der Waals surface area contributed by atoms with E-state index in [4.69, 9.17) is 0 Å². The van der Waals surface area contributed by atoms with Crippen LogP contribution in [0.25, 0.3) is 0 Å². The molecular weight excluding hydrogens is 269 g/mol. The van der Waals surface area contributed by atoms with Crippen LogP contribution in [0.5, 0.6) is 0 Å². The first-order valence-corrected chi connectivity index (χ1v) is 8.87. The number of hydrogen-bond acceptors (Lipinski definition) is 2. The highest BCUT2D eigenvalue weighted by Crippen LogP contribution is 2.38. The predicted octanol–water partition coefficient (Wildman–Crippen LogP) is 4.78. The Morgan fingerprint density at radius 1 is 1.20 bits per heavy atom. The maximum Gasteiger partial charge on any atom is 0.137 e. The van der Waals surface area contributed by atoms with Gasteiger partial charge in [-0.25, -0.2) is 4.39 Å². The molecule has 3 rings (SSSR count). The smallest absolute Gasteiger partial charge is 0.137 e. The Morgan fingerprint density at radius 3 is 2.80 bits per heavy atom. The van der Waals surface area contributed by atoms with Crippen LogP contribution >= 0.6 is 11.8 Å². The van der Waals surface area contributed by atoms with Crippen LogP contribution in [0, 0.1) is 17.7 Å². The quantitative estimate of drug-likeness (QED) is 0.861. The monoisotopic (exact) mass is 293 g/mol. The molecular formula is C17H24FNS. The number of benzene rings is 1. The van der Waals surface area contributed by atoms with Crippen LogP contribution in [0.4, 0.5) is 4.39 Å². The molecule has 1 atom stereocenters. The number of hydrogen-bond donors (Lipinski definition) is 1. The van der Waals surface area contributed by atoms with E-state index >= 15 is 0 Å². The van der Waals surface area contributed by atoms with E-state index < -0.39 is 0 Å². The molecule has 2 aliphatic rings. The summed E-state index contributed by atoms with van der Waals surface area (Å²) in [5.74, 6) is 2.70. The molecule has 110 valence electrons. The van der Waals surface area contributed by atoms with Gasteiger partial charge in [-0.1, -0.05) is 31.9 Å². The van der Waals surface area contributed by atoms with Crippen molar-refractivity contribution in [1.29, 1.82) is 0 Å². The molecule has 0 spiro atoms. The molecule has 1 aliphatic carbocycles. The van der Waals surface area contributed by atoms with Gasteiger partial charge in [0.05, 0.1) is 0 Å². The summed E-state index contributed by atoms with van der Waals surface area (Å²) < 4.78 is 13.8. The van der Waals surface area contributed by atoms with Crippen molar-refractivity contribution in [2.45, 2.75) is 50.0 Å². The summed E-state index contributed by atoms with van der Waals surface area (Å²) in [6.45, 7) is 3.46. The first kappa shape index (κ1) is 14.4. The van der Waals surface area contributed by atoms with Crippen molar-refractivity contribution in [1.82, 2.24) is 5.32 Å². The topological polar surface area (TPSA) is 12.0 Å². The number of rotatable bonds is 3. The molecule has 1 fully saturated rings. The minimum absolute atomic E-state index is 0.0505. The molecule has 1 nitrogen and oxygen atoms in total. The van der Waals surface area contributed by atoms with Crippen molar-refractivity contribution in [3.8, 4) is 0 Å². The lowest BCUT2D eigenvalue weighted by atomic mass is 9.83. The van der Waals surface area contributed by atoms with Crippen LogP contribution in [-0.4, -0.2) is 12.3 Å². The SMILES string of the molecule is CC1CCC(CNC2CCSc3c(F)cccc32)CC1. The van der Waals surface area contributed by atoms with E-state index in [0.29, 0.717) is 6.04 Å². The third-order valence-electron chi connectivity index (χ3n) is 4.81. The summed E-state index contributed by atoms with van der Waals surface area (Å²) in [5, 5.41) is 3.71. The van der Waals surface area contributed by atoms with E-state index in [1.54, 1.807) is 17.8 Å². The molecule has 0 aromatic heterocycles. The molecule has 1 saturated carbocycles. The average Bonchev–Trinajstić information content (AvgIpc) is 2.47. The van der Waals surface area contributed by atoms with Crippen LogP contribution < -0.4 is 5.32 Å². The van der Waals surface area contributed by atoms with Gasteiger partial charge in [0.1, 0.15) is 5.82 Å². The van der Waals surface area contributed by atoms with E-state index in [9.17, 15) is 4.39 Å². The van der Waals surface area contributed by atoms with Gasteiger partial charge >= 0.3 is 0 Å². The second-order valence-corrected chi connectivity index (χ2v) is 7.49. The lowest BCUT2D eigenvalue weighted by molar-refractivity contribution is 0.272. The number of nitrogens with one attached hydrogen (secondary N) is 1. The zero-order chi connectivity index (χ0) is 13.9. The molecule has 1 unspecified atom stereocenters. The van der Waals surface area contributed by atoms with Gasteiger partial charge in [0, 0.05) is 10.9 Å². The Bertz CT molecular complexity index is 454. The van der Waals surface area contributed by atoms with Crippen LogP contribution in [0.3, 0.4) is 0 Å². The highest BCUT2D eigenvalue weighted by Gasteiger charge is 2.24. The zero-order valence-corrected chi connectivity index (χ0v) is 13.0. The number of thioether (sulfide) groups is 1. The van der Waals surface area contributed by atoms with E-state index in [1.165, 1.54) is 31.2 Å². The van der Waals surface area contributed by atoms with Crippen LogP contribution in [0.15, 0.2) is 23.1 Å². The third kappa shape index (κ3) is 3.20. The minimum atomic E-state index is -0.0505. The molecule has 0 radical (unpaired) electrons. The summed E-state index contributed by atoms with van der Waals surface area (Å²) in [4.78, 5) is 0.869. The van der Waals surface area contributed by atoms with Gasteiger partial charge in [-0.15, -0.1) is 11.8 Å². The van der Waals surface area contributed by atoms with Gasteiger partial charge in [-0.05, 0) is 55.0 Å². The van der Waals surface area contributed by atoms with Crippen molar-refractivity contribution in [3.05, 3.63) is 29.6 Å². The lowest BCUT2D eigenvalue weighted by Gasteiger charge is -2.31. The minimum Gasteiger partial charge on any atom is -0.310 e. The van der Waals surface area contributed by atoms with Crippen LogP contribution in [0.2, 0.25) is 0 Å². The molecule has 1 aliphatic heterocycles. The Balaban J connectivity index is 1.61. The Kier molecular flexibility index (Phi) is 4.67. The summed E-state index contributed by atoms with van der Waals surface area (Å²) in [6.07, 6.45) is 6.57. The van der Waals surface area contributed by atoms with Crippen LogP contribution in [-0.2, 0) is 0 Å². The average molecular weight is 293 g/mol. The predicted molar refractivity (Wildman–Crippen MR) is 83.6 cm³/mol. The Morgan fingerprint density at radius 2 is 2.00 bits per heavy atom. The van der Waals surface area contributed by atoms with Gasteiger partial charge in [-0.2, -0.15) is 0 Å². The van der Waals surface area contributed by atoms with Crippen molar-refractivity contribution in [2.24, 2.45) is 11.8 Å². The fourth-order valence-electron chi connectivity index (χ4n) is 3.44. The highest BCUT2D eigenvalue weighted by atomic mass is 32.2. The second kappa shape index (κ2) is 6.48. The van der Waals surface area contributed by atoms with E-state index in [2.05, 4.69) is 18.3 Å². The van der Waals surface area contributed by atoms with Gasteiger partial charge in [0.2, 0.25) is 0 Å². The molecule has 0 bridgehead atoms. The second-order valence-electron chi connectivity index (χ2n) is 6.38. The third-order valence-corrected chi connectivity index (χ3v) is 5.97. The summed E-state index contributed by atoms with van der Waals surface area (Å²) in [7, 11) is 0. The molecule has 1 N–H and O–H groups in total. The lowest BCUT2D eigenvalue weighted by Crippen LogP contribution is -2.31. The Hall–Kier alpha value is -0.540. The molecule has 1 aromatic rings. The van der Waals surface area contributed by atoms with E-state index in [-0.39, 0.29) is 5.82 Å². The first-order valence-electron chi connectivity index (χ1n) is 7.88. The number of fused-ring (bicyclic) bond motifs is 1. The summed E-state index contributed by atoms with van der Waals surface area (Å²) in [5.41, 5.74) is 1.17. The normalized spacial score (nSPS) is 30.0. The standard InChI is InChI=1S/C17H24FNS/c1-12-5-7-13(8-6-12)11-19-16-9-10-20-17-14(16)3-2-4-15(17)18/h2-4,12-13,16,19H,5-11H2,1H3. The molecule has 0 saturated heterocycles. The summed E-state index contributed by atoms with van der Waals surface area (Å²) >= 11 is 1.67. The van der Waals surface area contributed by atoms with Gasteiger partial charge in [0.25, 0.3) is 0 Å². The molecule has 1 heterocycles. The highest BCUT2D eigenvalue weighted by molar-refractivity contribution is 7.99. The van der Waals surface area contributed by atoms with E-state index in [1.807, 2.05) is 6.07 Å². The number of halogens is 1. The Labute approximate surface area is 125 Å². The fourth-order valence-corrected chi connectivity index (χ4v) is 4.58. The van der Waals surface area contributed by atoms with Crippen LogP contribution in [0.1, 0.15) is 50.6 Å². The zero-order valence-electron chi connectivity index (χ0n) is 12.2. The summed E-state index contributed by atoms with van der Waals surface area (Å²) in [6, 6.07) is 5.86. The van der Waals surface area contributed by atoms with Crippen molar-refractivity contribution < 1.29 is 4.39 Å². The van der Waals surface area contributed by atoms with Gasteiger partial charge < -0.3 is 5.32 Å². The van der Waals surface area contributed by atoms with Crippen molar-refractivity contribution in [2.75, 3.05) is 12.3 Å². The maximum absolute atomic E-state index is 13.8. The molecule has 3 heteroatoms. The first-order chi connectivity index (χ1) is 9.74. The van der Waals surface area contributed by atoms with Crippen molar-refractivity contribution >= 4 is 11.8 Å². The largest absolute Gasteiger partial charge is 0.310 e.